The maximum absolute atomic E-state index is 14.0. The van der Waals surface area contributed by atoms with Crippen molar-refractivity contribution in [1.82, 2.24) is 10.6 Å². The van der Waals surface area contributed by atoms with Crippen molar-refractivity contribution < 1.29 is 13.9 Å². The molecular formula is C22H28FN3O2. The Balaban J connectivity index is 1.70. The van der Waals surface area contributed by atoms with E-state index in [9.17, 15) is 4.39 Å². The Labute approximate surface area is 166 Å². The van der Waals surface area contributed by atoms with Gasteiger partial charge in [-0.05, 0) is 49.6 Å². The molecule has 0 radical (unpaired) electrons. The smallest absolute Gasteiger partial charge is 0.191 e. The molecule has 0 amide bonds. The first-order valence-corrected chi connectivity index (χ1v) is 9.72. The molecule has 1 aliphatic rings. The lowest BCUT2D eigenvalue weighted by Crippen LogP contribution is -2.39. The topological polar surface area (TPSA) is 54.9 Å². The number of benzene rings is 2. The molecule has 0 fully saturated rings. The highest BCUT2D eigenvalue weighted by atomic mass is 19.1. The summed E-state index contributed by atoms with van der Waals surface area (Å²) in [5.41, 5.74) is 2.04. The van der Waals surface area contributed by atoms with Crippen molar-refractivity contribution in [2.24, 2.45) is 4.99 Å². The summed E-state index contributed by atoms with van der Waals surface area (Å²) in [5, 5.41) is 6.64. The number of nitrogens with zero attached hydrogens (tertiary/aromatic N) is 1. The number of rotatable bonds is 6. The van der Waals surface area contributed by atoms with E-state index in [1.807, 2.05) is 38.1 Å². The maximum atomic E-state index is 14.0. The number of fused-ring (bicyclic) bond motifs is 1. The summed E-state index contributed by atoms with van der Waals surface area (Å²) in [6.07, 6.45) is 0.944. The fourth-order valence-corrected chi connectivity index (χ4v) is 3.37. The van der Waals surface area contributed by atoms with E-state index in [1.165, 1.54) is 18.7 Å². The zero-order valence-electron chi connectivity index (χ0n) is 16.7. The summed E-state index contributed by atoms with van der Waals surface area (Å²) in [5.74, 6) is 1.88. The summed E-state index contributed by atoms with van der Waals surface area (Å²) in [4.78, 5) is 4.78. The van der Waals surface area contributed by atoms with Crippen molar-refractivity contribution in [3.63, 3.8) is 0 Å². The fraction of sp³-hybridized carbons (Fsp3) is 0.409. The van der Waals surface area contributed by atoms with Gasteiger partial charge in [0.25, 0.3) is 0 Å². The first-order valence-electron chi connectivity index (χ1n) is 9.72. The van der Waals surface area contributed by atoms with Crippen molar-refractivity contribution in [3.05, 3.63) is 59.4 Å². The van der Waals surface area contributed by atoms with Crippen molar-refractivity contribution in [3.8, 4) is 11.5 Å². The van der Waals surface area contributed by atoms with Crippen LogP contribution < -0.4 is 20.1 Å². The number of methoxy groups -OCH3 is 1. The zero-order valence-corrected chi connectivity index (χ0v) is 16.7. The van der Waals surface area contributed by atoms with Crippen molar-refractivity contribution in [1.29, 1.82) is 0 Å². The van der Waals surface area contributed by atoms with E-state index in [0.717, 1.165) is 30.2 Å². The first kappa shape index (κ1) is 20.0. The molecule has 1 heterocycles. The molecule has 0 bridgehead atoms. The van der Waals surface area contributed by atoms with Gasteiger partial charge in [-0.1, -0.05) is 24.3 Å². The summed E-state index contributed by atoms with van der Waals surface area (Å²) in [6.45, 7) is 6.14. The molecule has 5 nitrogen and oxygen atoms in total. The van der Waals surface area contributed by atoms with Crippen LogP contribution in [0.1, 0.15) is 43.4 Å². The minimum Gasteiger partial charge on any atom is -0.494 e. The molecule has 0 aliphatic carbocycles. The molecule has 3 rings (SSSR count). The third-order valence-corrected chi connectivity index (χ3v) is 4.93. The molecule has 0 saturated carbocycles. The van der Waals surface area contributed by atoms with Gasteiger partial charge in [-0.15, -0.1) is 0 Å². The fourth-order valence-electron chi connectivity index (χ4n) is 3.37. The highest BCUT2D eigenvalue weighted by Gasteiger charge is 2.21. The van der Waals surface area contributed by atoms with Gasteiger partial charge in [-0.2, -0.15) is 0 Å². The zero-order chi connectivity index (χ0) is 19.9. The Kier molecular flexibility index (Phi) is 6.74. The van der Waals surface area contributed by atoms with Crippen LogP contribution in [0.25, 0.3) is 0 Å². The van der Waals surface area contributed by atoms with Crippen LogP contribution in [0.4, 0.5) is 4.39 Å². The van der Waals surface area contributed by atoms with Crippen LogP contribution in [0.2, 0.25) is 0 Å². The van der Waals surface area contributed by atoms with Crippen LogP contribution >= 0.6 is 0 Å². The number of halogens is 1. The monoisotopic (exact) mass is 385 g/mol. The lowest BCUT2D eigenvalue weighted by molar-refractivity contribution is 0.269. The molecule has 6 heteroatoms. The summed E-state index contributed by atoms with van der Waals surface area (Å²) in [6, 6.07) is 13.0. The summed E-state index contributed by atoms with van der Waals surface area (Å²) >= 11 is 0. The van der Waals surface area contributed by atoms with Crippen LogP contribution in [0.15, 0.2) is 47.5 Å². The second-order valence-electron chi connectivity index (χ2n) is 6.85. The van der Waals surface area contributed by atoms with E-state index in [1.54, 1.807) is 6.07 Å². The van der Waals surface area contributed by atoms with Crippen LogP contribution in [0.3, 0.4) is 0 Å². The van der Waals surface area contributed by atoms with Gasteiger partial charge in [-0.25, -0.2) is 4.39 Å². The van der Waals surface area contributed by atoms with Gasteiger partial charge in [-0.3, -0.25) is 4.99 Å². The molecule has 0 saturated heterocycles. The lowest BCUT2D eigenvalue weighted by Gasteiger charge is -2.25. The lowest BCUT2D eigenvalue weighted by atomic mass is 9.93. The van der Waals surface area contributed by atoms with Gasteiger partial charge < -0.3 is 20.1 Å². The van der Waals surface area contributed by atoms with Gasteiger partial charge in [0.1, 0.15) is 5.75 Å². The van der Waals surface area contributed by atoms with E-state index in [-0.39, 0.29) is 17.6 Å². The van der Waals surface area contributed by atoms with Gasteiger partial charge >= 0.3 is 0 Å². The number of hydrogen-bond donors (Lipinski definition) is 2. The molecule has 2 aromatic carbocycles. The Bertz CT molecular complexity index is 825. The highest BCUT2D eigenvalue weighted by Crippen LogP contribution is 2.33. The molecule has 150 valence electrons. The Morgan fingerprint density at radius 2 is 2.14 bits per heavy atom. The second-order valence-corrected chi connectivity index (χ2v) is 6.85. The second kappa shape index (κ2) is 9.44. The number of para-hydroxylation sites is 1. The summed E-state index contributed by atoms with van der Waals surface area (Å²) in [7, 11) is 1.46. The average molecular weight is 385 g/mol. The minimum absolute atomic E-state index is 0.0971. The van der Waals surface area contributed by atoms with Gasteiger partial charge in [0.15, 0.2) is 17.5 Å². The van der Waals surface area contributed by atoms with Crippen molar-refractivity contribution in [2.75, 3.05) is 26.8 Å². The van der Waals surface area contributed by atoms with E-state index in [0.29, 0.717) is 19.1 Å². The number of ether oxygens (including phenoxy) is 2. The van der Waals surface area contributed by atoms with E-state index in [4.69, 9.17) is 14.5 Å². The molecule has 0 aromatic heterocycles. The van der Waals surface area contributed by atoms with Crippen LogP contribution in [0.5, 0.6) is 11.5 Å². The quantitative estimate of drug-likeness (QED) is 0.583. The van der Waals surface area contributed by atoms with Gasteiger partial charge in [0, 0.05) is 19.0 Å². The van der Waals surface area contributed by atoms with Crippen molar-refractivity contribution in [2.45, 2.75) is 32.2 Å². The number of aliphatic imine (C=N–C) groups is 1. The molecular weight excluding hydrogens is 357 g/mol. The predicted octanol–water partition coefficient (Wildman–Crippen LogP) is 4.02. The van der Waals surface area contributed by atoms with Crippen LogP contribution in [-0.4, -0.2) is 32.8 Å². The number of guanidine groups is 1. The largest absolute Gasteiger partial charge is 0.494 e. The summed E-state index contributed by atoms with van der Waals surface area (Å²) < 4.78 is 24.7. The number of hydrogen-bond acceptors (Lipinski definition) is 3. The van der Waals surface area contributed by atoms with E-state index >= 15 is 0 Å². The Morgan fingerprint density at radius 1 is 1.32 bits per heavy atom. The molecule has 28 heavy (non-hydrogen) atoms. The van der Waals surface area contributed by atoms with Crippen molar-refractivity contribution >= 4 is 5.96 Å². The third kappa shape index (κ3) is 4.74. The molecule has 0 spiro atoms. The van der Waals surface area contributed by atoms with Crippen LogP contribution in [-0.2, 0) is 0 Å². The number of nitrogens with one attached hydrogen (secondary N) is 2. The van der Waals surface area contributed by atoms with E-state index < -0.39 is 0 Å². The molecule has 2 unspecified atom stereocenters. The average Bonchev–Trinajstić information content (AvgIpc) is 2.72. The Hall–Kier alpha value is -2.76. The standard InChI is InChI=1S/C22H28FN3O2/c1-4-24-22(26-15(2)16-9-10-21(27-3)19(23)13-16)25-14-17-11-12-28-20-8-6-5-7-18(17)20/h5-10,13,15,17H,4,11-12,14H2,1-3H3,(H2,24,25,26). The van der Waals surface area contributed by atoms with E-state index in [2.05, 4.69) is 16.7 Å². The molecule has 2 N–H and O–H groups in total. The first-order chi connectivity index (χ1) is 13.6. The Morgan fingerprint density at radius 3 is 2.89 bits per heavy atom. The van der Waals surface area contributed by atoms with Gasteiger partial charge in [0.05, 0.1) is 19.8 Å². The van der Waals surface area contributed by atoms with Gasteiger partial charge in [0.2, 0.25) is 0 Å². The molecule has 2 atom stereocenters. The molecule has 2 aromatic rings. The maximum Gasteiger partial charge on any atom is 0.191 e. The molecule has 1 aliphatic heterocycles. The normalized spacial score (nSPS) is 17.3. The van der Waals surface area contributed by atoms with Crippen LogP contribution in [0, 0.1) is 5.82 Å². The minimum atomic E-state index is -0.366. The predicted molar refractivity (Wildman–Crippen MR) is 110 cm³/mol. The highest BCUT2D eigenvalue weighted by molar-refractivity contribution is 5.80. The SMILES string of the molecule is CCNC(=NCC1CCOc2ccccc21)NC(C)c1ccc(OC)c(F)c1. The third-order valence-electron chi connectivity index (χ3n) is 4.93.